The third kappa shape index (κ3) is 6.85. The van der Waals surface area contributed by atoms with Gasteiger partial charge in [-0.15, -0.1) is 0 Å². The monoisotopic (exact) mass is 630 g/mol. The van der Waals surface area contributed by atoms with Gasteiger partial charge >= 0.3 is 6.03 Å². The molecular weight excluding hydrogens is 608 g/mol. The van der Waals surface area contributed by atoms with Gasteiger partial charge in [-0.05, 0) is 94.2 Å². The average Bonchev–Trinajstić information content (AvgIpc) is 2.96. The number of rotatable bonds is 8. The maximum absolute atomic E-state index is 13.3. The van der Waals surface area contributed by atoms with Gasteiger partial charge in [0.15, 0.2) is 0 Å². The SMILES string of the molecule is Cc1ccc(COc2ccc(/C=C3\C(=O)NC(=O)N(c4ccc(OCc5ccc(Cl)cc5)cc4)C3=O)cc2Br)cc1. The summed E-state index contributed by atoms with van der Waals surface area (Å²) in [5.41, 5.74) is 3.85. The van der Waals surface area contributed by atoms with Crippen LogP contribution in [0.4, 0.5) is 10.5 Å². The first kappa shape index (κ1) is 28.1. The molecule has 0 spiro atoms. The molecule has 4 aromatic rings. The fourth-order valence-electron chi connectivity index (χ4n) is 4.07. The number of ether oxygens (including phenoxy) is 2. The Hall–Kier alpha value is -4.40. The molecule has 0 atom stereocenters. The van der Waals surface area contributed by atoms with Crippen LogP contribution in [0.15, 0.2) is 101 Å². The van der Waals surface area contributed by atoms with Crippen molar-refractivity contribution in [2.75, 3.05) is 4.90 Å². The van der Waals surface area contributed by atoms with Gasteiger partial charge in [-0.1, -0.05) is 59.6 Å². The fraction of sp³-hybridized carbons (Fsp3) is 0.0938. The summed E-state index contributed by atoms with van der Waals surface area (Å²) in [7, 11) is 0. The first-order valence-electron chi connectivity index (χ1n) is 12.6. The Morgan fingerprint density at radius 2 is 1.46 bits per heavy atom. The second-order valence-electron chi connectivity index (χ2n) is 9.33. The normalized spacial score (nSPS) is 14.3. The van der Waals surface area contributed by atoms with Gasteiger partial charge in [0.1, 0.15) is 30.3 Å². The number of anilines is 1. The van der Waals surface area contributed by atoms with E-state index in [4.69, 9.17) is 21.1 Å². The van der Waals surface area contributed by atoms with E-state index in [-0.39, 0.29) is 5.57 Å². The number of imide groups is 2. The number of hydrogen-bond donors (Lipinski definition) is 1. The number of amides is 4. The third-order valence-corrected chi connectivity index (χ3v) is 7.17. The highest BCUT2D eigenvalue weighted by atomic mass is 79.9. The largest absolute Gasteiger partial charge is 0.489 e. The molecule has 41 heavy (non-hydrogen) atoms. The Kier molecular flexibility index (Phi) is 8.52. The standard InChI is InChI=1S/C32H24BrClN2O5/c1-20-2-4-21(5-3-20)19-41-29-15-8-23(17-28(29)33)16-27-30(37)35-32(39)36(31(27)38)25-11-13-26(14-12-25)40-18-22-6-9-24(34)10-7-22/h2-17H,18-19H2,1H3,(H,35,37,39)/b27-16+. The van der Waals surface area contributed by atoms with Crippen LogP contribution < -0.4 is 19.7 Å². The second-order valence-corrected chi connectivity index (χ2v) is 10.6. The first-order valence-corrected chi connectivity index (χ1v) is 13.8. The molecule has 5 rings (SSSR count). The molecule has 0 aromatic heterocycles. The lowest BCUT2D eigenvalue weighted by atomic mass is 10.1. The predicted octanol–water partition coefficient (Wildman–Crippen LogP) is 7.24. The van der Waals surface area contributed by atoms with E-state index in [9.17, 15) is 14.4 Å². The highest BCUT2D eigenvalue weighted by Gasteiger charge is 2.36. The van der Waals surface area contributed by atoms with E-state index in [0.717, 1.165) is 16.0 Å². The molecule has 7 nitrogen and oxygen atoms in total. The van der Waals surface area contributed by atoms with Crippen LogP contribution in [0, 0.1) is 6.92 Å². The highest BCUT2D eigenvalue weighted by molar-refractivity contribution is 9.10. The van der Waals surface area contributed by atoms with Crippen molar-refractivity contribution in [1.29, 1.82) is 0 Å². The van der Waals surface area contributed by atoms with Crippen LogP contribution in [0.3, 0.4) is 0 Å². The molecule has 4 amide bonds. The Morgan fingerprint density at radius 1 is 0.829 bits per heavy atom. The van der Waals surface area contributed by atoms with Gasteiger partial charge in [0, 0.05) is 5.02 Å². The van der Waals surface area contributed by atoms with E-state index in [1.165, 1.54) is 11.6 Å². The van der Waals surface area contributed by atoms with Gasteiger partial charge < -0.3 is 9.47 Å². The van der Waals surface area contributed by atoms with Gasteiger partial charge in [-0.3, -0.25) is 14.9 Å². The van der Waals surface area contributed by atoms with Crippen molar-refractivity contribution in [2.45, 2.75) is 20.1 Å². The zero-order valence-electron chi connectivity index (χ0n) is 21.9. The molecule has 1 aliphatic heterocycles. The Labute approximate surface area is 250 Å². The van der Waals surface area contributed by atoms with Crippen molar-refractivity contribution >= 4 is 57.1 Å². The maximum Gasteiger partial charge on any atom is 0.335 e. The lowest BCUT2D eigenvalue weighted by molar-refractivity contribution is -0.122. The highest BCUT2D eigenvalue weighted by Crippen LogP contribution is 2.29. The number of nitrogens with zero attached hydrogens (tertiary/aromatic N) is 1. The average molecular weight is 632 g/mol. The number of urea groups is 1. The summed E-state index contributed by atoms with van der Waals surface area (Å²) < 4.78 is 12.4. The molecule has 0 bridgehead atoms. The predicted molar refractivity (Wildman–Crippen MR) is 161 cm³/mol. The summed E-state index contributed by atoms with van der Waals surface area (Å²) in [6, 6.07) is 26.2. The van der Waals surface area contributed by atoms with Crippen LogP contribution in [-0.4, -0.2) is 17.8 Å². The van der Waals surface area contributed by atoms with Crippen molar-refractivity contribution in [3.8, 4) is 11.5 Å². The van der Waals surface area contributed by atoms with Gasteiger partial charge in [-0.25, -0.2) is 9.69 Å². The maximum atomic E-state index is 13.3. The summed E-state index contributed by atoms with van der Waals surface area (Å²) in [5, 5.41) is 2.88. The lowest BCUT2D eigenvalue weighted by Crippen LogP contribution is -2.54. The number of benzene rings is 4. The van der Waals surface area contributed by atoms with Gasteiger partial charge in [0.2, 0.25) is 0 Å². The van der Waals surface area contributed by atoms with Crippen LogP contribution in [0.5, 0.6) is 11.5 Å². The van der Waals surface area contributed by atoms with Crippen molar-refractivity contribution in [3.63, 3.8) is 0 Å². The van der Waals surface area contributed by atoms with Crippen molar-refractivity contribution in [3.05, 3.63) is 128 Å². The molecule has 0 saturated carbocycles. The molecule has 0 aliphatic carbocycles. The molecule has 4 aromatic carbocycles. The number of aryl methyl sites for hydroxylation is 1. The van der Waals surface area contributed by atoms with Gasteiger partial charge in [0.05, 0.1) is 10.2 Å². The molecule has 1 fully saturated rings. The quantitative estimate of drug-likeness (QED) is 0.164. The lowest BCUT2D eigenvalue weighted by Gasteiger charge is -2.26. The zero-order valence-corrected chi connectivity index (χ0v) is 24.2. The van der Waals surface area contributed by atoms with E-state index in [1.54, 1.807) is 54.6 Å². The third-order valence-electron chi connectivity index (χ3n) is 6.30. The Balaban J connectivity index is 1.28. The van der Waals surface area contributed by atoms with Gasteiger partial charge in [-0.2, -0.15) is 0 Å². The fourth-order valence-corrected chi connectivity index (χ4v) is 4.70. The van der Waals surface area contributed by atoms with Gasteiger partial charge in [0.25, 0.3) is 11.8 Å². The molecule has 9 heteroatoms. The summed E-state index contributed by atoms with van der Waals surface area (Å²) in [6.45, 7) is 2.74. The number of carbonyl (C=O) groups excluding carboxylic acids is 3. The first-order chi connectivity index (χ1) is 19.8. The van der Waals surface area contributed by atoms with Crippen molar-refractivity contribution in [2.24, 2.45) is 0 Å². The molecule has 1 saturated heterocycles. The van der Waals surface area contributed by atoms with Crippen LogP contribution in [0.1, 0.15) is 22.3 Å². The Morgan fingerprint density at radius 3 is 2.12 bits per heavy atom. The van der Waals surface area contributed by atoms with Crippen LogP contribution >= 0.6 is 27.5 Å². The minimum atomic E-state index is -0.826. The molecule has 0 unspecified atom stereocenters. The smallest absolute Gasteiger partial charge is 0.335 e. The van der Waals surface area contributed by atoms with E-state index in [0.29, 0.717) is 45.5 Å². The van der Waals surface area contributed by atoms with E-state index in [1.807, 2.05) is 43.3 Å². The summed E-state index contributed by atoms with van der Waals surface area (Å²) in [5.74, 6) is -0.336. The number of halogens is 2. The number of nitrogens with one attached hydrogen (secondary N) is 1. The van der Waals surface area contributed by atoms with E-state index >= 15 is 0 Å². The minimum Gasteiger partial charge on any atom is -0.489 e. The van der Waals surface area contributed by atoms with Crippen molar-refractivity contribution < 1.29 is 23.9 Å². The summed E-state index contributed by atoms with van der Waals surface area (Å²) in [6.07, 6.45) is 1.44. The molecule has 1 aliphatic rings. The summed E-state index contributed by atoms with van der Waals surface area (Å²) >= 11 is 9.42. The molecule has 206 valence electrons. The molecule has 1 heterocycles. The molecule has 0 radical (unpaired) electrons. The minimum absolute atomic E-state index is 0.173. The molecule has 1 N–H and O–H groups in total. The zero-order chi connectivity index (χ0) is 28.9. The number of hydrogen-bond acceptors (Lipinski definition) is 5. The van der Waals surface area contributed by atoms with E-state index in [2.05, 4.69) is 21.2 Å². The van der Waals surface area contributed by atoms with Crippen LogP contribution in [-0.2, 0) is 22.8 Å². The number of barbiturate groups is 1. The molecular formula is C32H24BrClN2O5. The second kappa shape index (κ2) is 12.4. The van der Waals surface area contributed by atoms with Crippen molar-refractivity contribution in [1.82, 2.24) is 5.32 Å². The number of carbonyl (C=O) groups is 3. The van der Waals surface area contributed by atoms with E-state index < -0.39 is 17.8 Å². The Bertz CT molecular complexity index is 1630. The topological polar surface area (TPSA) is 84.9 Å². The van der Waals surface area contributed by atoms with Crippen LogP contribution in [0.25, 0.3) is 6.08 Å². The summed E-state index contributed by atoms with van der Waals surface area (Å²) in [4.78, 5) is 39.5. The van der Waals surface area contributed by atoms with Crippen LogP contribution in [0.2, 0.25) is 5.02 Å².